The molecule has 0 aliphatic carbocycles. The average Bonchev–Trinajstić information content (AvgIpc) is 2.96. The molecule has 1 amide bonds. The molecule has 0 spiro atoms. The number of nitro groups is 1. The van der Waals surface area contributed by atoms with E-state index in [0.717, 1.165) is 18.8 Å². The molecule has 2 aliphatic heterocycles. The quantitative estimate of drug-likeness (QED) is 0.656. The van der Waals surface area contributed by atoms with Crippen molar-refractivity contribution in [2.45, 2.75) is 0 Å². The fraction of sp³-hybridized carbons (Fsp3) is 0.462. The van der Waals surface area contributed by atoms with E-state index in [-0.39, 0.29) is 5.69 Å². The zero-order valence-corrected chi connectivity index (χ0v) is 10.8. The van der Waals surface area contributed by atoms with E-state index in [1.54, 1.807) is 12.1 Å². The van der Waals surface area contributed by atoms with Gasteiger partial charge in [0, 0.05) is 55.8 Å². The molecular weight excluding hydrogens is 262 g/mol. The van der Waals surface area contributed by atoms with Gasteiger partial charge in [-0.3, -0.25) is 10.1 Å². The van der Waals surface area contributed by atoms with E-state index in [0.29, 0.717) is 24.9 Å². The molecule has 1 aromatic carbocycles. The number of hydrogen-bond acceptors (Lipinski definition) is 4. The molecule has 2 saturated heterocycles. The van der Waals surface area contributed by atoms with Crippen molar-refractivity contribution in [3.05, 3.63) is 34.4 Å². The van der Waals surface area contributed by atoms with Crippen molar-refractivity contribution < 1.29 is 14.8 Å². The molecule has 0 bridgehead atoms. The first-order valence-electron chi connectivity index (χ1n) is 6.52. The predicted octanol–water partition coefficient (Wildman–Crippen LogP) is 1.64. The second kappa shape index (κ2) is 4.66. The second-order valence-electron chi connectivity index (χ2n) is 5.39. The predicted molar refractivity (Wildman–Crippen MR) is 71.9 cm³/mol. The Morgan fingerprint density at radius 1 is 1.15 bits per heavy atom. The summed E-state index contributed by atoms with van der Waals surface area (Å²) < 4.78 is 0. The summed E-state index contributed by atoms with van der Waals surface area (Å²) in [6, 6.07) is 6.53. The minimum Gasteiger partial charge on any atom is -0.465 e. The summed E-state index contributed by atoms with van der Waals surface area (Å²) in [5.41, 5.74) is 1.05. The summed E-state index contributed by atoms with van der Waals surface area (Å²) >= 11 is 0. The van der Waals surface area contributed by atoms with Gasteiger partial charge in [0.25, 0.3) is 5.69 Å². The van der Waals surface area contributed by atoms with Crippen LogP contribution >= 0.6 is 0 Å². The summed E-state index contributed by atoms with van der Waals surface area (Å²) in [4.78, 5) is 24.8. The highest BCUT2D eigenvalue weighted by atomic mass is 16.6. The third kappa shape index (κ3) is 2.15. The molecule has 0 radical (unpaired) electrons. The number of benzene rings is 1. The first-order chi connectivity index (χ1) is 9.54. The van der Waals surface area contributed by atoms with E-state index in [1.165, 1.54) is 17.0 Å². The van der Waals surface area contributed by atoms with E-state index >= 15 is 0 Å². The summed E-state index contributed by atoms with van der Waals surface area (Å²) in [6.45, 7) is 2.80. The van der Waals surface area contributed by atoms with Crippen LogP contribution in [0, 0.1) is 22.0 Å². The molecule has 2 atom stereocenters. The van der Waals surface area contributed by atoms with E-state index in [9.17, 15) is 14.9 Å². The van der Waals surface area contributed by atoms with Crippen LogP contribution in [0.1, 0.15) is 0 Å². The molecule has 2 aliphatic rings. The number of non-ortho nitro benzene ring substituents is 1. The highest BCUT2D eigenvalue weighted by molar-refractivity contribution is 5.65. The molecule has 7 heteroatoms. The third-order valence-electron chi connectivity index (χ3n) is 4.18. The lowest BCUT2D eigenvalue weighted by Crippen LogP contribution is -2.32. The van der Waals surface area contributed by atoms with Gasteiger partial charge in [-0.15, -0.1) is 0 Å². The molecule has 2 unspecified atom stereocenters. The maximum absolute atomic E-state index is 10.9. The number of amides is 1. The van der Waals surface area contributed by atoms with Crippen molar-refractivity contribution in [2.24, 2.45) is 11.8 Å². The van der Waals surface area contributed by atoms with Crippen LogP contribution < -0.4 is 4.90 Å². The van der Waals surface area contributed by atoms with Crippen LogP contribution in [0.3, 0.4) is 0 Å². The lowest BCUT2D eigenvalue weighted by Gasteiger charge is -2.21. The maximum atomic E-state index is 10.9. The summed E-state index contributed by atoms with van der Waals surface area (Å²) in [5, 5.41) is 19.6. The second-order valence-corrected chi connectivity index (χ2v) is 5.39. The molecule has 2 heterocycles. The number of nitrogens with zero attached hydrogens (tertiary/aromatic N) is 3. The molecule has 106 valence electrons. The molecule has 20 heavy (non-hydrogen) atoms. The van der Waals surface area contributed by atoms with Crippen molar-refractivity contribution in [1.82, 2.24) is 4.90 Å². The Labute approximate surface area is 115 Å². The van der Waals surface area contributed by atoms with Gasteiger partial charge in [0.15, 0.2) is 0 Å². The highest BCUT2D eigenvalue weighted by Crippen LogP contribution is 2.34. The molecular formula is C13H15N3O4. The van der Waals surface area contributed by atoms with Gasteiger partial charge in [-0.05, 0) is 12.1 Å². The number of anilines is 1. The summed E-state index contributed by atoms with van der Waals surface area (Å²) in [7, 11) is 0. The number of carboxylic acid groups (broad SMARTS) is 1. The average molecular weight is 277 g/mol. The SMILES string of the molecule is O=C(O)N1CC2CN(c3ccc([N+](=O)[O-])cc3)CC2C1. The largest absolute Gasteiger partial charge is 0.465 e. The van der Waals surface area contributed by atoms with Crippen molar-refractivity contribution in [2.75, 3.05) is 31.1 Å². The smallest absolute Gasteiger partial charge is 0.407 e. The van der Waals surface area contributed by atoms with Gasteiger partial charge >= 0.3 is 6.09 Å². The van der Waals surface area contributed by atoms with Gasteiger partial charge in [-0.2, -0.15) is 0 Å². The van der Waals surface area contributed by atoms with Crippen LogP contribution in [0.5, 0.6) is 0 Å². The third-order valence-corrected chi connectivity index (χ3v) is 4.18. The standard InChI is InChI=1S/C13H15N3O4/c17-13(18)15-7-9-5-14(6-10(9)8-15)11-1-3-12(4-2-11)16(19)20/h1-4,9-10H,5-8H2,(H,17,18). The number of carbonyl (C=O) groups is 1. The number of rotatable bonds is 2. The van der Waals surface area contributed by atoms with Crippen LogP contribution in [0.25, 0.3) is 0 Å². The molecule has 7 nitrogen and oxygen atoms in total. The normalized spacial score (nSPS) is 24.8. The zero-order chi connectivity index (χ0) is 14.3. The molecule has 1 N–H and O–H groups in total. The Morgan fingerprint density at radius 2 is 1.70 bits per heavy atom. The van der Waals surface area contributed by atoms with Crippen LogP contribution in [0.4, 0.5) is 16.2 Å². The van der Waals surface area contributed by atoms with Gasteiger partial charge in [0.05, 0.1) is 4.92 Å². The van der Waals surface area contributed by atoms with Crippen LogP contribution in [0.15, 0.2) is 24.3 Å². The summed E-state index contributed by atoms with van der Waals surface area (Å²) in [5.74, 6) is 0.725. The molecule has 2 fully saturated rings. The van der Waals surface area contributed by atoms with E-state index in [2.05, 4.69) is 4.90 Å². The van der Waals surface area contributed by atoms with Gasteiger partial charge in [-0.25, -0.2) is 4.79 Å². The van der Waals surface area contributed by atoms with E-state index < -0.39 is 11.0 Å². The van der Waals surface area contributed by atoms with Crippen molar-refractivity contribution in [1.29, 1.82) is 0 Å². The topological polar surface area (TPSA) is 86.9 Å². The van der Waals surface area contributed by atoms with Gasteiger partial charge < -0.3 is 14.9 Å². The first kappa shape index (κ1) is 12.7. The molecule has 0 saturated carbocycles. The Morgan fingerprint density at radius 3 is 2.15 bits per heavy atom. The molecule has 3 rings (SSSR count). The minimum absolute atomic E-state index is 0.0881. The zero-order valence-electron chi connectivity index (χ0n) is 10.8. The number of likely N-dealkylation sites (tertiary alicyclic amines) is 1. The Kier molecular flexibility index (Phi) is 2.96. The van der Waals surface area contributed by atoms with Gasteiger partial charge in [0.2, 0.25) is 0 Å². The lowest BCUT2D eigenvalue weighted by atomic mass is 10.0. The maximum Gasteiger partial charge on any atom is 0.407 e. The Balaban J connectivity index is 1.67. The summed E-state index contributed by atoms with van der Waals surface area (Å²) in [6.07, 6.45) is -0.846. The van der Waals surface area contributed by atoms with E-state index in [1.807, 2.05) is 0 Å². The number of hydrogen-bond donors (Lipinski definition) is 1. The molecule has 1 aromatic rings. The monoisotopic (exact) mass is 277 g/mol. The van der Waals surface area contributed by atoms with Crippen molar-refractivity contribution in [3.63, 3.8) is 0 Å². The van der Waals surface area contributed by atoms with Crippen molar-refractivity contribution >= 4 is 17.5 Å². The van der Waals surface area contributed by atoms with Gasteiger partial charge in [-0.1, -0.05) is 0 Å². The fourth-order valence-electron chi connectivity index (χ4n) is 3.15. The van der Waals surface area contributed by atoms with Crippen LogP contribution in [0.2, 0.25) is 0 Å². The first-order valence-corrected chi connectivity index (χ1v) is 6.52. The number of nitro benzene ring substituents is 1. The lowest BCUT2D eigenvalue weighted by molar-refractivity contribution is -0.384. The fourth-order valence-corrected chi connectivity index (χ4v) is 3.15. The Bertz CT molecular complexity index is 531. The van der Waals surface area contributed by atoms with Gasteiger partial charge in [0.1, 0.15) is 0 Å². The van der Waals surface area contributed by atoms with Crippen molar-refractivity contribution in [3.8, 4) is 0 Å². The van der Waals surface area contributed by atoms with E-state index in [4.69, 9.17) is 5.11 Å². The Hall–Kier alpha value is -2.31. The van der Waals surface area contributed by atoms with Crippen LogP contribution in [-0.2, 0) is 0 Å². The minimum atomic E-state index is -0.846. The molecule has 0 aromatic heterocycles. The van der Waals surface area contributed by atoms with Crippen LogP contribution in [-0.4, -0.2) is 47.2 Å². The number of fused-ring (bicyclic) bond motifs is 1. The highest BCUT2D eigenvalue weighted by Gasteiger charge is 2.41.